The Hall–Kier alpha value is -2.61. The second kappa shape index (κ2) is 7.56. The van der Waals surface area contributed by atoms with Crippen LogP contribution in [0.3, 0.4) is 0 Å². The Morgan fingerprint density at radius 1 is 1.26 bits per heavy atom. The van der Waals surface area contributed by atoms with Crippen LogP contribution in [0.2, 0.25) is 0 Å². The first-order valence-corrected chi connectivity index (χ1v) is 9.12. The number of alkyl halides is 3. The molecular formula is C19H17F3N2O2S. The fraction of sp³-hybridized carbons (Fsp3) is 0.263. The number of hydrogen-bond donors (Lipinski definition) is 1. The second-order valence-electron chi connectivity index (χ2n) is 6.26. The van der Waals surface area contributed by atoms with Gasteiger partial charge in [-0.1, -0.05) is 26.0 Å². The molecule has 0 aliphatic carbocycles. The molecule has 3 rings (SSSR count). The number of rotatable bonds is 5. The van der Waals surface area contributed by atoms with Crippen LogP contribution < -0.4 is 5.32 Å². The van der Waals surface area contributed by atoms with Gasteiger partial charge < -0.3 is 9.73 Å². The van der Waals surface area contributed by atoms with Gasteiger partial charge in [0.1, 0.15) is 5.76 Å². The van der Waals surface area contributed by atoms with Crippen molar-refractivity contribution in [3.8, 4) is 11.3 Å². The summed E-state index contributed by atoms with van der Waals surface area (Å²) < 4.78 is 43.9. The highest BCUT2D eigenvalue weighted by atomic mass is 32.1. The molecule has 0 saturated carbocycles. The number of furan rings is 1. The number of nitrogens with zero attached hydrogens (tertiary/aromatic N) is 1. The predicted octanol–water partition coefficient (Wildman–Crippen LogP) is 5.48. The smallest absolute Gasteiger partial charge is 0.416 e. The van der Waals surface area contributed by atoms with Gasteiger partial charge in [0, 0.05) is 16.9 Å². The zero-order valence-electron chi connectivity index (χ0n) is 14.6. The molecule has 1 amide bonds. The average Bonchev–Trinajstić information content (AvgIpc) is 3.29. The van der Waals surface area contributed by atoms with Crippen LogP contribution in [0, 0.1) is 0 Å². The first-order chi connectivity index (χ1) is 12.7. The van der Waals surface area contributed by atoms with Crippen molar-refractivity contribution in [2.24, 2.45) is 0 Å². The Bertz CT molecular complexity index is 944. The van der Waals surface area contributed by atoms with Gasteiger partial charge in [-0.15, -0.1) is 11.3 Å². The van der Waals surface area contributed by atoms with Crippen molar-refractivity contribution in [1.29, 1.82) is 0 Å². The van der Waals surface area contributed by atoms with Gasteiger partial charge in [-0.3, -0.25) is 4.79 Å². The average molecular weight is 394 g/mol. The number of nitrogens with one attached hydrogen (secondary N) is 1. The zero-order valence-corrected chi connectivity index (χ0v) is 15.4. The van der Waals surface area contributed by atoms with Crippen molar-refractivity contribution in [1.82, 2.24) is 10.3 Å². The molecule has 2 heterocycles. The lowest BCUT2D eigenvalue weighted by atomic mass is 10.1. The van der Waals surface area contributed by atoms with Gasteiger partial charge >= 0.3 is 6.18 Å². The predicted molar refractivity (Wildman–Crippen MR) is 96.5 cm³/mol. The van der Waals surface area contributed by atoms with E-state index < -0.39 is 17.6 Å². The largest absolute Gasteiger partial charge is 0.451 e. The van der Waals surface area contributed by atoms with Crippen molar-refractivity contribution < 1.29 is 22.4 Å². The Kier molecular flexibility index (Phi) is 5.36. The molecule has 1 N–H and O–H groups in total. The SMILES string of the molecule is CC(C)c1nc(CNC(=O)c2ccc(-c3cccc(C(F)(F)F)c3)o2)cs1. The van der Waals surface area contributed by atoms with E-state index in [0.717, 1.165) is 22.8 Å². The number of halogens is 3. The topological polar surface area (TPSA) is 55.1 Å². The molecule has 0 saturated heterocycles. The summed E-state index contributed by atoms with van der Waals surface area (Å²) in [5, 5.41) is 5.57. The number of carbonyl (C=O) groups excluding carboxylic acids is 1. The molecule has 8 heteroatoms. The molecule has 2 aromatic heterocycles. The quantitative estimate of drug-likeness (QED) is 0.624. The molecule has 0 radical (unpaired) electrons. The van der Waals surface area contributed by atoms with Crippen LogP contribution in [0.15, 0.2) is 46.2 Å². The normalized spacial score (nSPS) is 11.8. The molecule has 27 heavy (non-hydrogen) atoms. The van der Waals surface area contributed by atoms with E-state index in [-0.39, 0.29) is 23.6 Å². The summed E-state index contributed by atoms with van der Waals surface area (Å²) in [6.07, 6.45) is -4.44. The van der Waals surface area contributed by atoms with Gasteiger partial charge in [-0.25, -0.2) is 4.98 Å². The molecule has 0 fully saturated rings. The minimum absolute atomic E-state index is 0.0294. The highest BCUT2D eigenvalue weighted by Gasteiger charge is 2.30. The minimum atomic E-state index is -4.44. The first kappa shape index (κ1) is 19.2. The highest BCUT2D eigenvalue weighted by Crippen LogP contribution is 2.32. The van der Waals surface area contributed by atoms with Crippen LogP contribution in [0.5, 0.6) is 0 Å². The number of thiazole rings is 1. The standard InChI is InChI=1S/C19H17F3N2O2S/c1-11(2)18-24-14(10-27-18)9-23-17(25)16-7-6-15(26-16)12-4-3-5-13(8-12)19(20,21)22/h3-8,10-11H,9H2,1-2H3,(H,23,25). The van der Waals surface area contributed by atoms with E-state index in [2.05, 4.69) is 10.3 Å². The number of benzene rings is 1. The Labute approximate surface area is 158 Å². The van der Waals surface area contributed by atoms with Crippen molar-refractivity contribution in [3.63, 3.8) is 0 Å². The maximum Gasteiger partial charge on any atom is 0.416 e. The van der Waals surface area contributed by atoms with Gasteiger partial charge in [0.15, 0.2) is 5.76 Å². The number of amides is 1. The lowest BCUT2D eigenvalue weighted by Gasteiger charge is -2.07. The lowest BCUT2D eigenvalue weighted by Crippen LogP contribution is -2.22. The second-order valence-corrected chi connectivity index (χ2v) is 7.15. The van der Waals surface area contributed by atoms with E-state index in [0.29, 0.717) is 5.92 Å². The van der Waals surface area contributed by atoms with Crippen LogP contribution in [0.25, 0.3) is 11.3 Å². The highest BCUT2D eigenvalue weighted by molar-refractivity contribution is 7.09. The molecule has 0 aliphatic heterocycles. The van der Waals surface area contributed by atoms with E-state index in [4.69, 9.17) is 4.42 Å². The van der Waals surface area contributed by atoms with Crippen molar-refractivity contribution in [2.75, 3.05) is 0 Å². The molecule has 0 aliphatic rings. The van der Waals surface area contributed by atoms with Crippen molar-refractivity contribution >= 4 is 17.2 Å². The van der Waals surface area contributed by atoms with Gasteiger partial charge in [-0.05, 0) is 24.3 Å². The van der Waals surface area contributed by atoms with Crippen LogP contribution in [0.4, 0.5) is 13.2 Å². The third kappa shape index (κ3) is 4.57. The summed E-state index contributed by atoms with van der Waals surface area (Å²) in [4.78, 5) is 16.6. The maximum absolute atomic E-state index is 12.8. The fourth-order valence-corrected chi connectivity index (χ4v) is 3.23. The summed E-state index contributed by atoms with van der Waals surface area (Å²) in [6, 6.07) is 7.69. The summed E-state index contributed by atoms with van der Waals surface area (Å²) in [7, 11) is 0. The third-order valence-corrected chi connectivity index (χ3v) is 4.99. The van der Waals surface area contributed by atoms with Crippen LogP contribution >= 0.6 is 11.3 Å². The molecular weight excluding hydrogens is 377 g/mol. The Balaban J connectivity index is 1.69. The molecule has 0 unspecified atom stereocenters. The van der Waals surface area contributed by atoms with Gasteiger partial charge in [0.05, 0.1) is 22.8 Å². The van der Waals surface area contributed by atoms with Crippen LogP contribution in [-0.4, -0.2) is 10.9 Å². The van der Waals surface area contributed by atoms with Gasteiger partial charge in [0.2, 0.25) is 0 Å². The molecule has 0 bridgehead atoms. The van der Waals surface area contributed by atoms with Crippen molar-refractivity contribution in [3.05, 3.63) is 63.8 Å². The third-order valence-electron chi connectivity index (χ3n) is 3.80. The molecule has 1 aromatic carbocycles. The zero-order chi connectivity index (χ0) is 19.6. The van der Waals surface area contributed by atoms with E-state index in [1.165, 1.54) is 35.6 Å². The molecule has 0 atom stereocenters. The lowest BCUT2D eigenvalue weighted by molar-refractivity contribution is -0.137. The number of carbonyl (C=O) groups is 1. The van der Waals surface area contributed by atoms with Crippen molar-refractivity contribution in [2.45, 2.75) is 32.5 Å². The van der Waals surface area contributed by atoms with Crippen LogP contribution in [0.1, 0.15) is 46.6 Å². The summed E-state index contributed by atoms with van der Waals surface area (Å²) in [6.45, 7) is 4.33. The number of hydrogen-bond acceptors (Lipinski definition) is 4. The van der Waals surface area contributed by atoms with E-state index in [1.807, 2.05) is 19.2 Å². The monoisotopic (exact) mass is 394 g/mol. The Morgan fingerprint density at radius 2 is 2.04 bits per heavy atom. The Morgan fingerprint density at radius 3 is 2.70 bits per heavy atom. The summed E-state index contributed by atoms with van der Waals surface area (Å²) in [5.41, 5.74) is 0.235. The number of aromatic nitrogens is 1. The molecule has 4 nitrogen and oxygen atoms in total. The summed E-state index contributed by atoms with van der Waals surface area (Å²) in [5.74, 6) is 0.0931. The summed E-state index contributed by atoms with van der Waals surface area (Å²) >= 11 is 1.53. The molecule has 0 spiro atoms. The van der Waals surface area contributed by atoms with E-state index >= 15 is 0 Å². The molecule has 142 valence electrons. The molecule has 3 aromatic rings. The minimum Gasteiger partial charge on any atom is -0.451 e. The maximum atomic E-state index is 12.8. The van der Waals surface area contributed by atoms with Gasteiger partial charge in [0.25, 0.3) is 5.91 Å². The van der Waals surface area contributed by atoms with E-state index in [1.54, 1.807) is 0 Å². The van der Waals surface area contributed by atoms with Gasteiger partial charge in [-0.2, -0.15) is 13.2 Å². The van der Waals surface area contributed by atoms with Crippen LogP contribution in [-0.2, 0) is 12.7 Å². The van der Waals surface area contributed by atoms with E-state index in [9.17, 15) is 18.0 Å². The fourth-order valence-electron chi connectivity index (χ4n) is 2.39. The first-order valence-electron chi connectivity index (χ1n) is 8.24.